The van der Waals surface area contributed by atoms with Gasteiger partial charge >= 0.3 is 0 Å². The van der Waals surface area contributed by atoms with Gasteiger partial charge in [-0.1, -0.05) is 30.3 Å². The third-order valence-corrected chi connectivity index (χ3v) is 3.49. The van der Waals surface area contributed by atoms with Gasteiger partial charge < -0.3 is 14.1 Å². The highest BCUT2D eigenvalue weighted by atomic mass is 79.9. The van der Waals surface area contributed by atoms with Crippen molar-refractivity contribution in [2.75, 3.05) is 13.3 Å². The Morgan fingerprint density at radius 1 is 1.21 bits per heavy atom. The second kappa shape index (κ2) is 5.19. The van der Waals surface area contributed by atoms with Crippen molar-refractivity contribution in [3.8, 4) is 0 Å². The maximum Gasteiger partial charge on any atom is 0.291 e. The summed E-state index contributed by atoms with van der Waals surface area (Å²) in [5.74, 6) is 0.174. The maximum absolute atomic E-state index is 12.2. The van der Waals surface area contributed by atoms with Crippen LogP contribution >= 0.6 is 15.9 Å². The quantitative estimate of drug-likeness (QED) is 0.853. The van der Waals surface area contributed by atoms with Gasteiger partial charge in [0, 0.05) is 0 Å². The standard InChI is InChI=1S/C14H12BrNO3/c15-13-7-6-11(19-13)14(17)16-8-12(18-9-16)10-4-2-1-3-5-10/h1-7,12H,8-9H2. The molecule has 1 saturated heterocycles. The molecule has 1 atom stereocenters. The van der Waals surface area contributed by atoms with Gasteiger partial charge in [-0.05, 0) is 33.6 Å². The van der Waals surface area contributed by atoms with E-state index in [4.69, 9.17) is 9.15 Å². The number of nitrogens with zero attached hydrogens (tertiary/aromatic N) is 1. The van der Waals surface area contributed by atoms with Gasteiger partial charge in [0.1, 0.15) is 12.8 Å². The second-order valence-electron chi connectivity index (χ2n) is 4.33. The van der Waals surface area contributed by atoms with Gasteiger partial charge in [-0.15, -0.1) is 0 Å². The molecule has 1 aliphatic heterocycles. The molecule has 0 bridgehead atoms. The van der Waals surface area contributed by atoms with Crippen LogP contribution in [0, 0.1) is 0 Å². The Balaban J connectivity index is 1.71. The number of hydrogen-bond acceptors (Lipinski definition) is 3. The Hall–Kier alpha value is -1.59. The number of amides is 1. The number of furan rings is 1. The molecule has 0 saturated carbocycles. The summed E-state index contributed by atoms with van der Waals surface area (Å²) in [5.41, 5.74) is 1.08. The van der Waals surface area contributed by atoms with E-state index in [0.717, 1.165) is 5.56 Å². The van der Waals surface area contributed by atoms with E-state index in [9.17, 15) is 4.79 Å². The first-order chi connectivity index (χ1) is 9.24. The molecule has 0 spiro atoms. The van der Waals surface area contributed by atoms with E-state index in [2.05, 4.69) is 15.9 Å². The normalized spacial score (nSPS) is 18.8. The number of rotatable bonds is 2. The van der Waals surface area contributed by atoms with E-state index in [-0.39, 0.29) is 18.7 Å². The maximum atomic E-state index is 12.2. The van der Waals surface area contributed by atoms with Crippen LogP contribution in [-0.4, -0.2) is 24.1 Å². The van der Waals surface area contributed by atoms with E-state index in [0.29, 0.717) is 17.0 Å². The number of carbonyl (C=O) groups excluding carboxylic acids is 1. The molecule has 0 aliphatic carbocycles. The van der Waals surface area contributed by atoms with Crippen molar-refractivity contribution in [1.82, 2.24) is 4.90 Å². The van der Waals surface area contributed by atoms with Gasteiger partial charge in [0.15, 0.2) is 10.4 Å². The number of hydrogen-bond donors (Lipinski definition) is 0. The average molecular weight is 322 g/mol. The summed E-state index contributed by atoms with van der Waals surface area (Å²) in [6, 6.07) is 13.3. The largest absolute Gasteiger partial charge is 0.444 e. The molecule has 1 aliphatic rings. The summed E-state index contributed by atoms with van der Waals surface area (Å²) in [5, 5.41) is 0. The number of carbonyl (C=O) groups is 1. The minimum absolute atomic E-state index is 0.0662. The zero-order valence-corrected chi connectivity index (χ0v) is 11.7. The zero-order chi connectivity index (χ0) is 13.2. The molecule has 19 heavy (non-hydrogen) atoms. The van der Waals surface area contributed by atoms with Crippen molar-refractivity contribution >= 4 is 21.8 Å². The summed E-state index contributed by atoms with van der Waals surface area (Å²) in [6.07, 6.45) is -0.0662. The molecule has 1 aromatic carbocycles. The lowest BCUT2D eigenvalue weighted by Gasteiger charge is -2.12. The molecule has 1 fully saturated rings. The van der Waals surface area contributed by atoms with Crippen LogP contribution in [-0.2, 0) is 4.74 Å². The highest BCUT2D eigenvalue weighted by Gasteiger charge is 2.29. The third kappa shape index (κ3) is 2.57. The van der Waals surface area contributed by atoms with E-state index >= 15 is 0 Å². The van der Waals surface area contributed by atoms with Crippen molar-refractivity contribution < 1.29 is 13.9 Å². The smallest absolute Gasteiger partial charge is 0.291 e. The van der Waals surface area contributed by atoms with Crippen molar-refractivity contribution in [2.24, 2.45) is 0 Å². The Kier molecular flexibility index (Phi) is 3.40. The van der Waals surface area contributed by atoms with Gasteiger partial charge in [-0.2, -0.15) is 0 Å². The van der Waals surface area contributed by atoms with Crippen LogP contribution < -0.4 is 0 Å². The molecule has 5 heteroatoms. The molecular weight excluding hydrogens is 310 g/mol. The van der Waals surface area contributed by atoms with Gasteiger partial charge in [-0.25, -0.2) is 0 Å². The van der Waals surface area contributed by atoms with Crippen molar-refractivity contribution in [3.05, 3.63) is 58.5 Å². The molecule has 3 rings (SSSR count). The lowest BCUT2D eigenvalue weighted by Crippen LogP contribution is -2.28. The monoisotopic (exact) mass is 321 g/mol. The van der Waals surface area contributed by atoms with E-state index in [1.165, 1.54) is 0 Å². The molecule has 98 valence electrons. The van der Waals surface area contributed by atoms with E-state index < -0.39 is 0 Å². The van der Waals surface area contributed by atoms with Crippen molar-refractivity contribution in [2.45, 2.75) is 6.10 Å². The fourth-order valence-electron chi connectivity index (χ4n) is 2.08. The molecule has 0 N–H and O–H groups in total. The fourth-order valence-corrected chi connectivity index (χ4v) is 2.39. The van der Waals surface area contributed by atoms with Gasteiger partial charge in [-0.3, -0.25) is 4.79 Å². The van der Waals surface area contributed by atoms with Crippen LogP contribution in [0.15, 0.2) is 51.6 Å². The first kappa shape index (κ1) is 12.4. The van der Waals surface area contributed by atoms with E-state index in [1.807, 2.05) is 30.3 Å². The van der Waals surface area contributed by atoms with Crippen LogP contribution in [0.4, 0.5) is 0 Å². The van der Waals surface area contributed by atoms with Crippen LogP contribution in [0.5, 0.6) is 0 Å². The Bertz CT molecular complexity index is 581. The first-order valence-corrected chi connectivity index (χ1v) is 6.74. The lowest BCUT2D eigenvalue weighted by atomic mass is 10.1. The number of benzene rings is 1. The summed E-state index contributed by atoms with van der Waals surface area (Å²) in [7, 11) is 0. The summed E-state index contributed by atoms with van der Waals surface area (Å²) >= 11 is 3.19. The lowest BCUT2D eigenvalue weighted by molar-refractivity contribution is 0.0603. The molecule has 2 aromatic rings. The summed E-state index contributed by atoms with van der Waals surface area (Å²) < 4.78 is 11.5. The van der Waals surface area contributed by atoms with Crippen LogP contribution in [0.3, 0.4) is 0 Å². The molecule has 2 heterocycles. The molecule has 1 unspecified atom stereocenters. The molecule has 4 nitrogen and oxygen atoms in total. The third-order valence-electron chi connectivity index (χ3n) is 3.06. The second-order valence-corrected chi connectivity index (χ2v) is 5.11. The molecule has 0 radical (unpaired) electrons. The van der Waals surface area contributed by atoms with Gasteiger partial charge in [0.2, 0.25) is 0 Å². The topological polar surface area (TPSA) is 42.7 Å². The Labute approximate surface area is 119 Å². The summed E-state index contributed by atoms with van der Waals surface area (Å²) in [4.78, 5) is 13.8. The van der Waals surface area contributed by atoms with Crippen molar-refractivity contribution in [3.63, 3.8) is 0 Å². The Morgan fingerprint density at radius 2 is 2.00 bits per heavy atom. The first-order valence-electron chi connectivity index (χ1n) is 5.95. The van der Waals surface area contributed by atoms with Gasteiger partial charge in [0.25, 0.3) is 5.91 Å². The van der Waals surface area contributed by atoms with Crippen LogP contribution in [0.1, 0.15) is 22.2 Å². The predicted molar refractivity (Wildman–Crippen MR) is 72.6 cm³/mol. The fraction of sp³-hybridized carbons (Fsp3) is 0.214. The zero-order valence-electron chi connectivity index (χ0n) is 10.1. The van der Waals surface area contributed by atoms with Crippen molar-refractivity contribution in [1.29, 1.82) is 0 Å². The highest BCUT2D eigenvalue weighted by molar-refractivity contribution is 9.10. The van der Waals surface area contributed by atoms with E-state index in [1.54, 1.807) is 17.0 Å². The number of ether oxygens (including phenoxy) is 1. The van der Waals surface area contributed by atoms with Crippen LogP contribution in [0.25, 0.3) is 0 Å². The summed E-state index contributed by atoms with van der Waals surface area (Å²) in [6.45, 7) is 0.831. The molecule has 1 aromatic heterocycles. The molecule has 1 amide bonds. The minimum Gasteiger partial charge on any atom is -0.444 e. The molecular formula is C14H12BrNO3. The predicted octanol–water partition coefficient (Wildman–Crippen LogP) is 3.21. The van der Waals surface area contributed by atoms with Gasteiger partial charge in [0.05, 0.1) is 6.54 Å². The average Bonchev–Trinajstić information content (AvgIpc) is 3.08. The van der Waals surface area contributed by atoms with Crippen LogP contribution in [0.2, 0.25) is 0 Å². The SMILES string of the molecule is O=C(c1ccc(Br)o1)N1COC(c2ccccc2)C1. The number of halogens is 1. The highest BCUT2D eigenvalue weighted by Crippen LogP contribution is 2.26. The minimum atomic E-state index is -0.149. The Morgan fingerprint density at radius 3 is 2.68 bits per heavy atom.